The summed E-state index contributed by atoms with van der Waals surface area (Å²) in [4.78, 5) is 0. The van der Waals surface area contributed by atoms with Crippen LogP contribution < -0.4 is 0 Å². The molecular weight excluding hydrogens is 582 g/mol. The second-order valence-corrected chi connectivity index (χ2v) is 0.408. The van der Waals surface area contributed by atoms with Crippen molar-refractivity contribution in [2.24, 2.45) is 0 Å². The molecule has 0 atom stereocenters. The van der Waals surface area contributed by atoms with Crippen LogP contribution in [0.4, 0.5) is 0 Å². The van der Waals surface area contributed by atoms with Crippen molar-refractivity contribution < 1.29 is 4.74 Å². The van der Waals surface area contributed by atoms with Crippen molar-refractivity contribution in [3.05, 3.63) is 14.9 Å². The molecule has 0 amide bonds. The number of hydrogen-bond acceptors (Lipinski definition) is 1. The van der Waals surface area contributed by atoms with Gasteiger partial charge in [0.1, 0.15) is 0 Å². The minimum absolute atomic E-state index is 0. The van der Waals surface area contributed by atoms with Gasteiger partial charge in [-0.1, -0.05) is 13.8 Å². The molecule has 3 heteroatoms. The first-order valence-electron chi connectivity index (χ1n) is 1.82. The molecule has 0 rings (SSSR count). The van der Waals surface area contributed by atoms with Crippen LogP contribution >= 0.6 is 0 Å². The van der Waals surface area contributed by atoms with E-state index in [0.717, 1.165) is 0 Å². The third kappa shape index (κ3) is 22.5. The quantitative estimate of drug-likeness (QED) is 0.388. The Morgan fingerprint density at radius 1 is 0.778 bits per heavy atom. The fourth-order valence-corrected chi connectivity index (χ4v) is 0. The predicted octanol–water partition coefficient (Wildman–Crippen LogP) is 2.19. The standard InChI is InChI=1S/C2H6O.C2H6.2CH3.2Cm/c1-3-2;1-2;;;;/h1-2H3;1-2H3;2*1H3;;/q;;2*-1;;. The van der Waals surface area contributed by atoms with Gasteiger partial charge in [0.15, 0.2) is 0 Å². The van der Waals surface area contributed by atoms with Crippen LogP contribution in [0.1, 0.15) is 13.8 Å². The number of ether oxygens (including phenoxy) is 1. The summed E-state index contributed by atoms with van der Waals surface area (Å²) in [6.07, 6.45) is 0. The van der Waals surface area contributed by atoms with Crippen molar-refractivity contribution >= 4 is 0 Å². The van der Waals surface area contributed by atoms with Crippen LogP contribution in [0.3, 0.4) is 0 Å². The molecule has 0 saturated heterocycles. The summed E-state index contributed by atoms with van der Waals surface area (Å²) in [5.41, 5.74) is 0. The van der Waals surface area contributed by atoms with Crippen LogP contribution in [0.15, 0.2) is 0 Å². The van der Waals surface area contributed by atoms with Crippen LogP contribution in [0, 0.1) is 14.9 Å². The van der Waals surface area contributed by atoms with Gasteiger partial charge >= 0.3 is 0 Å². The average Bonchev–Trinajstić information content (AvgIpc) is 1.46. The second kappa shape index (κ2) is 136. The van der Waals surface area contributed by atoms with E-state index in [4.69, 9.17) is 0 Å². The summed E-state index contributed by atoms with van der Waals surface area (Å²) in [7, 11) is 3.25. The molecule has 0 saturated carbocycles. The molecule has 1 nitrogen and oxygen atoms in total. The van der Waals surface area contributed by atoms with Crippen molar-refractivity contribution in [2.75, 3.05) is 14.2 Å². The fraction of sp³-hybridized carbons (Fsp3) is 0.667. The average molecular weight is 600 g/mol. The molecule has 0 radical (unpaired) electrons. The first-order valence-corrected chi connectivity index (χ1v) is 1.82. The molecule has 66 valence electrons. The maximum Gasteiger partial charge on any atom is 0.0351 e. The van der Waals surface area contributed by atoms with E-state index in [1.54, 1.807) is 14.2 Å². The summed E-state index contributed by atoms with van der Waals surface area (Å²) < 4.78 is 4.25. The van der Waals surface area contributed by atoms with Crippen LogP contribution in [0.2, 0.25) is 0 Å². The normalized spacial score (nSPS) is 2.67. The summed E-state index contributed by atoms with van der Waals surface area (Å²) in [5.74, 6) is 0. The maximum absolute atomic E-state index is 4.25. The van der Waals surface area contributed by atoms with E-state index in [0.29, 0.717) is 0 Å². The van der Waals surface area contributed by atoms with E-state index < -0.39 is 0 Å². The van der Waals surface area contributed by atoms with Crippen LogP contribution in [0.25, 0.3) is 0 Å². The minimum atomic E-state index is 0. The van der Waals surface area contributed by atoms with Crippen molar-refractivity contribution in [1.29, 1.82) is 0 Å². The van der Waals surface area contributed by atoms with E-state index >= 15 is 0 Å². The van der Waals surface area contributed by atoms with Gasteiger partial charge in [0, 0.05) is 14.2 Å². The van der Waals surface area contributed by atoms with Crippen LogP contribution in [0.5, 0.6) is 0 Å². The van der Waals surface area contributed by atoms with E-state index in [9.17, 15) is 0 Å². The van der Waals surface area contributed by atoms with E-state index in [2.05, 4.69) is 4.74 Å². The Bertz CT molecular complexity index is 11.0. The Morgan fingerprint density at radius 3 is 0.778 bits per heavy atom. The van der Waals surface area contributed by atoms with Gasteiger partial charge in [-0.15, -0.1) is 0 Å². The summed E-state index contributed by atoms with van der Waals surface area (Å²) in [6, 6.07) is 0. The van der Waals surface area contributed by atoms with Crippen molar-refractivity contribution in [3.8, 4) is 0 Å². The van der Waals surface area contributed by atoms with E-state index in [1.807, 2.05) is 13.8 Å². The largest absolute Gasteiger partial charge is 0.388 e. The summed E-state index contributed by atoms with van der Waals surface area (Å²) in [5, 5.41) is 0. The Labute approximate surface area is 48.7 Å². The monoisotopic (exact) mass is 592 g/mol. The molecular formula is C6H18Cm2O-2. The topological polar surface area (TPSA) is 9.23 Å². The molecule has 0 aromatic heterocycles. The van der Waals surface area contributed by atoms with Gasteiger partial charge in [-0.05, 0) is 0 Å². The molecule has 0 aliphatic carbocycles. The Balaban J connectivity index is -0.00000000357. The maximum atomic E-state index is 4.25. The molecule has 9 heavy (non-hydrogen) atoms. The van der Waals surface area contributed by atoms with E-state index in [1.165, 1.54) is 0 Å². The molecule has 0 bridgehead atoms. The number of methoxy groups -OCH3 is 1. The summed E-state index contributed by atoms with van der Waals surface area (Å²) in [6.45, 7) is 4.00. The molecule has 0 aromatic carbocycles. The van der Waals surface area contributed by atoms with Gasteiger partial charge < -0.3 is 19.6 Å². The molecule has 0 spiro atoms. The molecule has 0 unspecified atom stereocenters. The van der Waals surface area contributed by atoms with Crippen molar-refractivity contribution in [1.82, 2.24) is 0 Å². The Kier molecular flexibility index (Phi) is 4040. The molecule has 0 aliphatic rings. The Hall–Kier alpha value is -2.04. The van der Waals surface area contributed by atoms with Crippen molar-refractivity contribution in [2.45, 2.75) is 13.8 Å². The molecule has 0 heterocycles. The first kappa shape index (κ1) is 268. The predicted molar refractivity (Wildman–Crippen MR) is 37.1 cm³/mol. The zero-order chi connectivity index (χ0) is 4.71. The van der Waals surface area contributed by atoms with Crippen LogP contribution in [-0.2, 0) is 4.74 Å². The Morgan fingerprint density at radius 2 is 0.778 bits per heavy atom. The van der Waals surface area contributed by atoms with Crippen LogP contribution in [-0.4, -0.2) is 14.2 Å². The third-order valence-electron chi connectivity index (χ3n) is 0. The van der Waals surface area contributed by atoms with E-state index in [-0.39, 0.29) is 14.9 Å². The zero-order valence-corrected chi connectivity index (χ0v) is 13.0. The first-order chi connectivity index (χ1) is 2.41. The van der Waals surface area contributed by atoms with Gasteiger partial charge in [0.25, 0.3) is 0 Å². The molecule has 0 N–H and O–H groups in total. The van der Waals surface area contributed by atoms with Gasteiger partial charge in [-0.25, -0.2) is 0 Å². The second-order valence-electron chi connectivity index (χ2n) is 0.408. The SMILES string of the molecule is CC.COC.[CH3-].[CH3-].[Cm].[Cm]. The van der Waals surface area contributed by atoms with Gasteiger partial charge in [0.05, 0.1) is 0 Å². The number of rotatable bonds is 0. The smallest absolute Gasteiger partial charge is 0.0351 e. The van der Waals surface area contributed by atoms with Crippen molar-refractivity contribution in [3.63, 3.8) is 0 Å². The number of hydrogen-bond donors (Lipinski definition) is 0. The molecule has 0 aromatic rings. The zero-order valence-electron chi connectivity index (χ0n) is 7.12. The molecule has 0 aliphatic heterocycles. The van der Waals surface area contributed by atoms with Gasteiger partial charge in [-0.2, -0.15) is 0 Å². The minimum Gasteiger partial charge on any atom is -0.388 e. The van der Waals surface area contributed by atoms with Gasteiger partial charge in [0.2, 0.25) is 0 Å². The van der Waals surface area contributed by atoms with Gasteiger partial charge in [-0.3, -0.25) is 0 Å². The third-order valence-corrected chi connectivity index (χ3v) is 0. The fourth-order valence-electron chi connectivity index (χ4n) is 0. The molecule has 0 fully saturated rings. The summed E-state index contributed by atoms with van der Waals surface area (Å²) >= 11 is 0.